The molecule has 0 heterocycles. The van der Waals surface area contributed by atoms with E-state index in [0.717, 1.165) is 4.47 Å². The summed E-state index contributed by atoms with van der Waals surface area (Å²) < 4.78 is 0.845. The Labute approximate surface area is 132 Å². The summed E-state index contributed by atoms with van der Waals surface area (Å²) in [7, 11) is 0. The van der Waals surface area contributed by atoms with Crippen LogP contribution in [0.4, 0.5) is 5.69 Å². The van der Waals surface area contributed by atoms with Gasteiger partial charge in [-0.05, 0) is 18.2 Å². The Balaban J connectivity index is 2.43. The van der Waals surface area contributed by atoms with E-state index in [2.05, 4.69) is 26.6 Å². The van der Waals surface area contributed by atoms with Crippen LogP contribution in [0.25, 0.3) is 0 Å². The van der Waals surface area contributed by atoms with E-state index in [-0.39, 0.29) is 18.2 Å². The maximum absolute atomic E-state index is 11.7. The monoisotopic (exact) mass is 360 g/mol. The van der Waals surface area contributed by atoms with E-state index >= 15 is 0 Å². The molecule has 110 valence electrons. The fourth-order valence-electron chi connectivity index (χ4n) is 1.36. The molecular formula is C14H18BrClN2O2. The third-order valence-corrected chi connectivity index (χ3v) is 3.33. The van der Waals surface area contributed by atoms with Crippen molar-refractivity contribution in [3.8, 4) is 0 Å². The van der Waals surface area contributed by atoms with Gasteiger partial charge < -0.3 is 10.6 Å². The van der Waals surface area contributed by atoms with Crippen molar-refractivity contribution in [1.29, 1.82) is 0 Å². The second-order valence-corrected chi connectivity index (χ2v) is 6.75. The van der Waals surface area contributed by atoms with Crippen LogP contribution in [0.2, 0.25) is 5.02 Å². The highest BCUT2D eigenvalue weighted by molar-refractivity contribution is 9.10. The van der Waals surface area contributed by atoms with E-state index in [1.54, 1.807) is 18.2 Å². The molecule has 2 N–H and O–H groups in total. The van der Waals surface area contributed by atoms with Gasteiger partial charge in [0.15, 0.2) is 0 Å². The summed E-state index contributed by atoms with van der Waals surface area (Å²) in [6, 6.07) is 5.22. The number of anilines is 1. The van der Waals surface area contributed by atoms with Gasteiger partial charge in [0.25, 0.3) is 0 Å². The number of hydrogen-bond donors (Lipinski definition) is 2. The molecule has 1 rings (SSSR count). The summed E-state index contributed by atoms with van der Waals surface area (Å²) in [6.07, 6.45) is 0.203. The van der Waals surface area contributed by atoms with E-state index in [1.165, 1.54) is 0 Å². The number of hydrogen-bond acceptors (Lipinski definition) is 2. The molecule has 0 atom stereocenters. The second kappa shape index (κ2) is 7.09. The molecule has 20 heavy (non-hydrogen) atoms. The minimum Gasteiger partial charge on any atom is -0.355 e. The van der Waals surface area contributed by atoms with Gasteiger partial charge in [0, 0.05) is 22.9 Å². The minimum atomic E-state index is -0.453. The normalized spacial score (nSPS) is 11.1. The molecule has 0 saturated heterocycles. The molecule has 4 nitrogen and oxygen atoms in total. The fraction of sp³-hybridized carbons (Fsp3) is 0.429. The van der Waals surface area contributed by atoms with E-state index < -0.39 is 5.41 Å². The Morgan fingerprint density at radius 1 is 1.30 bits per heavy atom. The van der Waals surface area contributed by atoms with Crippen LogP contribution in [0.15, 0.2) is 22.7 Å². The molecule has 0 spiro atoms. The van der Waals surface area contributed by atoms with Crippen molar-refractivity contribution in [2.45, 2.75) is 27.2 Å². The lowest BCUT2D eigenvalue weighted by molar-refractivity contribution is -0.128. The fourth-order valence-corrected chi connectivity index (χ4v) is 2.08. The van der Waals surface area contributed by atoms with E-state index in [4.69, 9.17) is 11.6 Å². The number of rotatable bonds is 4. The van der Waals surface area contributed by atoms with Crippen molar-refractivity contribution in [3.63, 3.8) is 0 Å². The maximum Gasteiger partial charge on any atom is 0.226 e. The SMILES string of the molecule is CC(C)(C)C(=O)NCCC(=O)Nc1ccc(Br)cc1Cl. The van der Waals surface area contributed by atoms with E-state index in [0.29, 0.717) is 17.3 Å². The van der Waals surface area contributed by atoms with Gasteiger partial charge in [0.2, 0.25) is 11.8 Å². The number of carbonyl (C=O) groups excluding carboxylic acids is 2. The van der Waals surface area contributed by atoms with Gasteiger partial charge >= 0.3 is 0 Å². The molecule has 2 amide bonds. The van der Waals surface area contributed by atoms with Crippen molar-refractivity contribution < 1.29 is 9.59 Å². The molecule has 0 fully saturated rings. The molecule has 0 aliphatic rings. The van der Waals surface area contributed by atoms with Gasteiger partial charge in [-0.1, -0.05) is 48.3 Å². The zero-order chi connectivity index (χ0) is 15.3. The van der Waals surface area contributed by atoms with Gasteiger partial charge in [-0.15, -0.1) is 0 Å². The van der Waals surface area contributed by atoms with Crippen LogP contribution in [0.3, 0.4) is 0 Å². The predicted octanol–water partition coefficient (Wildman–Crippen LogP) is 3.59. The number of amides is 2. The molecule has 6 heteroatoms. The van der Waals surface area contributed by atoms with E-state index in [9.17, 15) is 9.59 Å². The third kappa shape index (κ3) is 5.51. The van der Waals surface area contributed by atoms with Crippen molar-refractivity contribution in [2.75, 3.05) is 11.9 Å². The van der Waals surface area contributed by atoms with Gasteiger partial charge in [0.05, 0.1) is 10.7 Å². The summed E-state index contributed by atoms with van der Waals surface area (Å²) in [5.74, 6) is -0.268. The zero-order valence-corrected chi connectivity index (χ0v) is 14.1. The predicted molar refractivity (Wildman–Crippen MR) is 84.9 cm³/mol. The van der Waals surface area contributed by atoms with Crippen molar-refractivity contribution >= 4 is 45.0 Å². The summed E-state index contributed by atoms with van der Waals surface area (Å²) in [6.45, 7) is 5.77. The molecule has 0 bridgehead atoms. The zero-order valence-electron chi connectivity index (χ0n) is 11.7. The van der Waals surface area contributed by atoms with Gasteiger partial charge in [-0.25, -0.2) is 0 Å². The van der Waals surface area contributed by atoms with Crippen LogP contribution in [0, 0.1) is 5.41 Å². The standard InChI is InChI=1S/C14H18BrClN2O2/c1-14(2,3)13(20)17-7-6-12(19)18-11-5-4-9(15)8-10(11)16/h4-5,8H,6-7H2,1-3H3,(H,17,20)(H,18,19). The second-order valence-electron chi connectivity index (χ2n) is 5.43. The minimum absolute atomic E-state index is 0.0769. The smallest absolute Gasteiger partial charge is 0.226 e. The number of halogens is 2. The Morgan fingerprint density at radius 3 is 2.50 bits per heavy atom. The summed E-state index contributed by atoms with van der Waals surface area (Å²) in [4.78, 5) is 23.4. The first-order valence-corrected chi connectivity index (χ1v) is 7.40. The number of nitrogens with one attached hydrogen (secondary N) is 2. The lowest BCUT2D eigenvalue weighted by Crippen LogP contribution is -2.36. The lowest BCUT2D eigenvalue weighted by atomic mass is 9.96. The van der Waals surface area contributed by atoms with Crippen molar-refractivity contribution in [3.05, 3.63) is 27.7 Å². The summed E-state index contributed by atoms with van der Waals surface area (Å²) >= 11 is 9.30. The van der Waals surface area contributed by atoms with Gasteiger partial charge in [0.1, 0.15) is 0 Å². The molecule has 0 aliphatic heterocycles. The third-order valence-electron chi connectivity index (χ3n) is 2.52. The van der Waals surface area contributed by atoms with Crippen LogP contribution >= 0.6 is 27.5 Å². The van der Waals surface area contributed by atoms with Crippen LogP contribution in [-0.4, -0.2) is 18.4 Å². The van der Waals surface area contributed by atoms with Gasteiger partial charge in [-0.2, -0.15) is 0 Å². The lowest BCUT2D eigenvalue weighted by Gasteiger charge is -2.17. The average Bonchev–Trinajstić information content (AvgIpc) is 2.31. The Morgan fingerprint density at radius 2 is 1.95 bits per heavy atom. The highest BCUT2D eigenvalue weighted by atomic mass is 79.9. The molecule has 1 aromatic carbocycles. The van der Waals surface area contributed by atoms with E-state index in [1.807, 2.05) is 20.8 Å². The Bertz CT molecular complexity index is 512. The van der Waals surface area contributed by atoms with Crippen LogP contribution in [0.1, 0.15) is 27.2 Å². The first kappa shape index (κ1) is 17.0. The topological polar surface area (TPSA) is 58.2 Å². The molecule has 0 saturated carbocycles. The highest BCUT2D eigenvalue weighted by Gasteiger charge is 2.20. The average molecular weight is 362 g/mol. The Hall–Kier alpha value is -1.07. The van der Waals surface area contributed by atoms with Crippen LogP contribution in [0.5, 0.6) is 0 Å². The number of benzene rings is 1. The molecule has 0 aromatic heterocycles. The molecule has 0 unspecified atom stereocenters. The highest BCUT2D eigenvalue weighted by Crippen LogP contribution is 2.25. The first-order chi connectivity index (χ1) is 9.20. The molecule has 0 radical (unpaired) electrons. The number of carbonyl (C=O) groups is 2. The quantitative estimate of drug-likeness (QED) is 0.861. The Kier molecular flexibility index (Phi) is 6.02. The summed E-state index contributed by atoms with van der Waals surface area (Å²) in [5.41, 5.74) is 0.105. The van der Waals surface area contributed by atoms with Crippen molar-refractivity contribution in [2.24, 2.45) is 5.41 Å². The molecule has 0 aliphatic carbocycles. The van der Waals surface area contributed by atoms with Crippen molar-refractivity contribution in [1.82, 2.24) is 5.32 Å². The maximum atomic E-state index is 11.7. The van der Waals surface area contributed by atoms with Crippen LogP contribution < -0.4 is 10.6 Å². The molecule has 1 aromatic rings. The molecular weight excluding hydrogens is 344 g/mol. The van der Waals surface area contributed by atoms with Gasteiger partial charge in [-0.3, -0.25) is 9.59 Å². The van der Waals surface area contributed by atoms with Crippen LogP contribution in [-0.2, 0) is 9.59 Å². The largest absolute Gasteiger partial charge is 0.355 e. The first-order valence-electron chi connectivity index (χ1n) is 6.23. The summed E-state index contributed by atoms with van der Waals surface area (Å²) in [5, 5.41) is 5.89.